The molecule has 2 aromatic heterocycles. The Morgan fingerprint density at radius 2 is 1.94 bits per heavy atom. The third-order valence-corrected chi connectivity index (χ3v) is 2.47. The molecule has 0 aliphatic heterocycles. The number of nitrogens with zero attached hydrogens (tertiary/aromatic N) is 2. The fraction of sp³-hybridized carbons (Fsp3) is 0. The van der Waals surface area contributed by atoms with Crippen LogP contribution in [0.25, 0.3) is 11.0 Å². The first-order chi connectivity index (χ1) is 8.43. The zero-order chi connectivity index (χ0) is 11.5. The van der Waals surface area contributed by atoms with Gasteiger partial charge >= 0.3 is 0 Å². The first-order valence-corrected chi connectivity index (χ1v) is 5.27. The Labute approximate surface area is 98.5 Å². The van der Waals surface area contributed by atoms with Gasteiger partial charge in [0.25, 0.3) is 0 Å². The maximum Gasteiger partial charge on any atom is 0.141 e. The SMILES string of the molecule is C(#Cc1c[nH]c2ncncc12)c1ccccc1. The van der Waals surface area contributed by atoms with Gasteiger partial charge in [0, 0.05) is 18.0 Å². The molecule has 0 radical (unpaired) electrons. The standard InChI is InChI=1S/C14H9N3/c1-2-4-11(5-3-1)6-7-12-8-16-14-13(12)9-15-10-17-14/h1-5,8-10H,(H,15,16,17). The molecule has 1 aromatic carbocycles. The number of rotatable bonds is 0. The van der Waals surface area contributed by atoms with Gasteiger partial charge in [-0.15, -0.1) is 0 Å². The minimum absolute atomic E-state index is 0.817. The third-order valence-electron chi connectivity index (χ3n) is 2.47. The van der Waals surface area contributed by atoms with E-state index in [1.54, 1.807) is 6.20 Å². The zero-order valence-electron chi connectivity index (χ0n) is 9.01. The number of hydrogen-bond acceptors (Lipinski definition) is 2. The van der Waals surface area contributed by atoms with E-state index in [1.165, 1.54) is 6.33 Å². The lowest BCUT2D eigenvalue weighted by Crippen LogP contribution is -1.78. The summed E-state index contributed by atoms with van der Waals surface area (Å²) in [5, 5.41) is 0.955. The van der Waals surface area contributed by atoms with Crippen LogP contribution in [0.4, 0.5) is 0 Å². The molecule has 0 bridgehead atoms. The quantitative estimate of drug-likeness (QED) is 0.590. The lowest BCUT2D eigenvalue weighted by atomic mass is 10.2. The second kappa shape index (κ2) is 4.11. The summed E-state index contributed by atoms with van der Waals surface area (Å²) in [6.45, 7) is 0. The van der Waals surface area contributed by atoms with Gasteiger partial charge in [-0.3, -0.25) is 0 Å². The largest absolute Gasteiger partial charge is 0.345 e. The summed E-state index contributed by atoms with van der Waals surface area (Å²) in [7, 11) is 0. The monoisotopic (exact) mass is 219 g/mol. The molecule has 0 saturated carbocycles. The molecule has 3 heteroatoms. The van der Waals surface area contributed by atoms with Gasteiger partial charge in [-0.1, -0.05) is 30.0 Å². The highest BCUT2D eigenvalue weighted by molar-refractivity contribution is 5.82. The molecule has 3 nitrogen and oxygen atoms in total. The minimum atomic E-state index is 0.817. The molecule has 0 fully saturated rings. The van der Waals surface area contributed by atoms with Crippen molar-refractivity contribution in [2.75, 3.05) is 0 Å². The average Bonchev–Trinajstić information content (AvgIpc) is 2.81. The van der Waals surface area contributed by atoms with E-state index in [9.17, 15) is 0 Å². The van der Waals surface area contributed by atoms with Gasteiger partial charge in [0.1, 0.15) is 12.0 Å². The summed E-state index contributed by atoms with van der Waals surface area (Å²) in [6, 6.07) is 9.89. The van der Waals surface area contributed by atoms with E-state index in [-0.39, 0.29) is 0 Å². The second-order valence-electron chi connectivity index (χ2n) is 3.60. The molecule has 3 rings (SSSR count). The molecule has 80 valence electrons. The van der Waals surface area contributed by atoms with Crippen molar-refractivity contribution in [1.82, 2.24) is 15.0 Å². The van der Waals surface area contributed by atoms with Gasteiger partial charge in [-0.25, -0.2) is 9.97 Å². The normalized spacial score (nSPS) is 9.88. The topological polar surface area (TPSA) is 41.6 Å². The van der Waals surface area contributed by atoms with E-state index in [1.807, 2.05) is 36.5 Å². The number of nitrogens with one attached hydrogen (secondary N) is 1. The lowest BCUT2D eigenvalue weighted by Gasteiger charge is -1.88. The molecule has 0 spiro atoms. The first-order valence-electron chi connectivity index (χ1n) is 5.27. The maximum atomic E-state index is 4.12. The summed E-state index contributed by atoms with van der Waals surface area (Å²) in [6.07, 6.45) is 5.15. The molecule has 0 aliphatic rings. The van der Waals surface area contributed by atoms with Crippen molar-refractivity contribution in [2.45, 2.75) is 0 Å². The van der Waals surface area contributed by atoms with Crippen LogP contribution in [0, 0.1) is 11.8 Å². The van der Waals surface area contributed by atoms with Gasteiger partial charge in [0.05, 0.1) is 10.9 Å². The molecule has 2 heterocycles. The summed E-state index contributed by atoms with van der Waals surface area (Å²) >= 11 is 0. The fourth-order valence-electron chi connectivity index (χ4n) is 1.62. The first kappa shape index (κ1) is 9.61. The Hall–Kier alpha value is -2.60. The number of aromatic amines is 1. The zero-order valence-corrected chi connectivity index (χ0v) is 9.01. The number of H-pyrrole nitrogens is 1. The number of fused-ring (bicyclic) bond motifs is 1. The van der Waals surface area contributed by atoms with Gasteiger partial charge in [-0.2, -0.15) is 0 Å². The molecular weight excluding hydrogens is 210 g/mol. The van der Waals surface area contributed by atoms with E-state index in [0.717, 1.165) is 22.2 Å². The third kappa shape index (κ3) is 1.88. The van der Waals surface area contributed by atoms with Crippen molar-refractivity contribution < 1.29 is 0 Å². The van der Waals surface area contributed by atoms with Gasteiger partial charge in [-0.05, 0) is 12.1 Å². The van der Waals surface area contributed by atoms with Crippen LogP contribution < -0.4 is 0 Å². The van der Waals surface area contributed by atoms with Crippen LogP contribution in [0.15, 0.2) is 49.1 Å². The van der Waals surface area contributed by atoms with E-state index in [0.29, 0.717) is 0 Å². The van der Waals surface area contributed by atoms with Crippen LogP contribution in [0.3, 0.4) is 0 Å². The second-order valence-corrected chi connectivity index (χ2v) is 3.60. The average molecular weight is 219 g/mol. The summed E-state index contributed by atoms with van der Waals surface area (Å²) in [5.74, 6) is 6.24. The van der Waals surface area contributed by atoms with Crippen molar-refractivity contribution in [3.05, 3.63) is 60.2 Å². The van der Waals surface area contributed by atoms with Crippen LogP contribution >= 0.6 is 0 Å². The number of aromatic nitrogens is 3. The summed E-state index contributed by atoms with van der Waals surface area (Å²) in [4.78, 5) is 11.2. The molecule has 0 saturated heterocycles. The van der Waals surface area contributed by atoms with Crippen LogP contribution in [0.1, 0.15) is 11.1 Å². The van der Waals surface area contributed by atoms with E-state index >= 15 is 0 Å². The number of benzene rings is 1. The van der Waals surface area contributed by atoms with Crippen molar-refractivity contribution in [2.24, 2.45) is 0 Å². The molecule has 0 atom stereocenters. The van der Waals surface area contributed by atoms with Gasteiger partial charge < -0.3 is 4.98 Å². The Morgan fingerprint density at radius 1 is 1.06 bits per heavy atom. The Kier molecular flexibility index (Phi) is 2.32. The molecule has 0 unspecified atom stereocenters. The highest BCUT2D eigenvalue weighted by Crippen LogP contribution is 2.13. The number of hydrogen-bond donors (Lipinski definition) is 1. The van der Waals surface area contributed by atoms with Gasteiger partial charge in [0.15, 0.2) is 0 Å². The molecule has 0 aliphatic carbocycles. The summed E-state index contributed by atoms with van der Waals surface area (Å²) in [5.41, 5.74) is 2.74. The van der Waals surface area contributed by atoms with Crippen LogP contribution in [-0.2, 0) is 0 Å². The van der Waals surface area contributed by atoms with Crippen LogP contribution in [0.2, 0.25) is 0 Å². The predicted octanol–water partition coefficient (Wildman–Crippen LogP) is 2.36. The van der Waals surface area contributed by atoms with Crippen LogP contribution in [0.5, 0.6) is 0 Å². The molecular formula is C14H9N3. The molecule has 1 N–H and O–H groups in total. The molecule has 17 heavy (non-hydrogen) atoms. The Morgan fingerprint density at radius 3 is 2.82 bits per heavy atom. The van der Waals surface area contributed by atoms with Crippen molar-refractivity contribution in [3.63, 3.8) is 0 Å². The van der Waals surface area contributed by atoms with Crippen molar-refractivity contribution in [1.29, 1.82) is 0 Å². The van der Waals surface area contributed by atoms with E-state index in [4.69, 9.17) is 0 Å². The Bertz CT molecular complexity index is 702. The lowest BCUT2D eigenvalue weighted by molar-refractivity contribution is 1.20. The highest BCUT2D eigenvalue weighted by atomic mass is 14.9. The van der Waals surface area contributed by atoms with Crippen molar-refractivity contribution >= 4 is 11.0 Å². The van der Waals surface area contributed by atoms with E-state index in [2.05, 4.69) is 26.8 Å². The van der Waals surface area contributed by atoms with Crippen LogP contribution in [-0.4, -0.2) is 15.0 Å². The Balaban J connectivity index is 2.04. The fourth-order valence-corrected chi connectivity index (χ4v) is 1.62. The van der Waals surface area contributed by atoms with E-state index < -0.39 is 0 Å². The minimum Gasteiger partial charge on any atom is -0.345 e. The smallest absolute Gasteiger partial charge is 0.141 e. The molecule has 0 amide bonds. The summed E-state index contributed by atoms with van der Waals surface area (Å²) < 4.78 is 0. The van der Waals surface area contributed by atoms with Gasteiger partial charge in [0.2, 0.25) is 0 Å². The highest BCUT2D eigenvalue weighted by Gasteiger charge is 2.00. The van der Waals surface area contributed by atoms with Crippen molar-refractivity contribution in [3.8, 4) is 11.8 Å². The maximum absolute atomic E-state index is 4.12. The predicted molar refractivity (Wildman–Crippen MR) is 66.3 cm³/mol. The molecule has 3 aromatic rings.